The molecule has 0 aliphatic carbocycles. The van der Waals surface area contributed by atoms with E-state index >= 15 is 0 Å². The van der Waals surface area contributed by atoms with Gasteiger partial charge in [-0.3, -0.25) is 4.57 Å². The zero-order valence-electron chi connectivity index (χ0n) is 33.4. The lowest BCUT2D eigenvalue weighted by Gasteiger charge is -2.40. The summed E-state index contributed by atoms with van der Waals surface area (Å²) < 4.78 is 21.2. The quantitative estimate of drug-likeness (QED) is 0.0935. The Hall–Kier alpha value is -6.81. The highest BCUT2D eigenvalue weighted by Crippen LogP contribution is 2.46. The van der Waals surface area contributed by atoms with E-state index in [9.17, 15) is 5.11 Å². The molecule has 8 aromatic rings. The molecule has 59 heavy (non-hydrogen) atoms. The molecule has 6 aromatic carbocycles. The average molecular weight is 782 g/mol. The number of hydrogen-bond acceptors (Lipinski definition) is 8. The van der Waals surface area contributed by atoms with Crippen molar-refractivity contribution >= 4 is 17.1 Å². The van der Waals surface area contributed by atoms with E-state index in [1.807, 2.05) is 127 Å². The second kappa shape index (κ2) is 17.4. The molecule has 0 aliphatic rings. The van der Waals surface area contributed by atoms with Crippen LogP contribution in [0.3, 0.4) is 0 Å². The lowest BCUT2D eigenvalue weighted by Crippen LogP contribution is -2.39. The van der Waals surface area contributed by atoms with Crippen LogP contribution in [0, 0.1) is 5.92 Å². The Balaban J connectivity index is 1.32. The first-order valence-corrected chi connectivity index (χ1v) is 19.8. The van der Waals surface area contributed by atoms with E-state index in [4.69, 9.17) is 29.2 Å². The largest absolute Gasteiger partial charge is 0.497 e. The second-order valence-corrected chi connectivity index (χ2v) is 14.6. The van der Waals surface area contributed by atoms with E-state index in [-0.39, 0.29) is 12.5 Å². The van der Waals surface area contributed by atoms with Crippen molar-refractivity contribution in [3.63, 3.8) is 0 Å². The maximum Gasteiger partial charge on any atom is 0.226 e. The van der Waals surface area contributed by atoms with Crippen LogP contribution < -0.4 is 14.8 Å². The summed E-state index contributed by atoms with van der Waals surface area (Å²) in [5, 5.41) is 14.3. The van der Waals surface area contributed by atoms with Gasteiger partial charge in [-0.25, -0.2) is 9.97 Å². The molecule has 9 nitrogen and oxygen atoms in total. The molecule has 0 aliphatic heterocycles. The molecule has 2 N–H and O–H groups in total. The summed E-state index contributed by atoms with van der Waals surface area (Å²) in [6, 6.07) is 57.0. The summed E-state index contributed by atoms with van der Waals surface area (Å²) in [7, 11) is 3.35. The van der Waals surface area contributed by atoms with Crippen LogP contribution in [0.5, 0.6) is 11.5 Å². The van der Waals surface area contributed by atoms with Crippen LogP contribution in [0.25, 0.3) is 11.2 Å². The smallest absolute Gasteiger partial charge is 0.226 e. The molecule has 2 unspecified atom stereocenters. The van der Waals surface area contributed by atoms with Crippen LogP contribution in [0.1, 0.15) is 53.0 Å². The third-order valence-electron chi connectivity index (χ3n) is 10.9. The molecule has 9 heteroatoms. The number of aliphatic hydroxyl groups excluding tert-OH is 1. The Morgan fingerprint density at radius 3 is 1.69 bits per heavy atom. The fourth-order valence-corrected chi connectivity index (χ4v) is 8.00. The van der Waals surface area contributed by atoms with Crippen LogP contribution in [0.2, 0.25) is 0 Å². The Morgan fingerprint density at radius 1 is 0.627 bits per heavy atom. The molecule has 2 atom stereocenters. The SMILES string of the molecule is COc1ccc(C(OC(CC(C)CO)n2cnc3cnc(NC(c4ccccc4)(c4ccccc4)c4ccccc4OC)nc32)(c2ccccc2)c2ccccc2)cc1. The van der Waals surface area contributed by atoms with Crippen molar-refractivity contribution in [3.05, 3.63) is 216 Å². The number of anilines is 1. The first kappa shape index (κ1) is 39.0. The van der Waals surface area contributed by atoms with Gasteiger partial charge in [-0.2, -0.15) is 4.98 Å². The molecule has 0 saturated heterocycles. The van der Waals surface area contributed by atoms with Crippen molar-refractivity contribution in [1.29, 1.82) is 0 Å². The highest BCUT2D eigenvalue weighted by Gasteiger charge is 2.42. The predicted octanol–water partition coefficient (Wildman–Crippen LogP) is 9.77. The van der Waals surface area contributed by atoms with E-state index in [0.717, 1.165) is 39.1 Å². The van der Waals surface area contributed by atoms with E-state index in [2.05, 4.69) is 59.9 Å². The number of nitrogens with one attached hydrogen (secondary N) is 1. The third-order valence-corrected chi connectivity index (χ3v) is 10.9. The van der Waals surface area contributed by atoms with Crippen LogP contribution in [0.4, 0.5) is 5.95 Å². The second-order valence-electron chi connectivity index (χ2n) is 14.6. The average Bonchev–Trinajstić information content (AvgIpc) is 3.74. The van der Waals surface area contributed by atoms with Gasteiger partial charge in [0.2, 0.25) is 5.95 Å². The number of rotatable bonds is 16. The van der Waals surface area contributed by atoms with Crippen LogP contribution >= 0.6 is 0 Å². The van der Waals surface area contributed by atoms with Crippen molar-refractivity contribution in [1.82, 2.24) is 19.5 Å². The molecular weight excluding hydrogens is 735 g/mol. The first-order chi connectivity index (χ1) is 29.0. The first-order valence-electron chi connectivity index (χ1n) is 19.8. The number of fused-ring (bicyclic) bond motifs is 1. The van der Waals surface area contributed by atoms with Gasteiger partial charge in [-0.15, -0.1) is 0 Å². The molecule has 8 rings (SSSR count). The van der Waals surface area contributed by atoms with E-state index in [1.165, 1.54) is 0 Å². The molecule has 0 fully saturated rings. The molecule has 0 bridgehead atoms. The maximum atomic E-state index is 10.5. The van der Waals surface area contributed by atoms with Crippen LogP contribution in [-0.4, -0.2) is 45.5 Å². The van der Waals surface area contributed by atoms with Gasteiger partial charge < -0.3 is 24.6 Å². The van der Waals surface area contributed by atoms with Crippen LogP contribution in [0.15, 0.2) is 182 Å². The minimum Gasteiger partial charge on any atom is -0.497 e. The van der Waals surface area contributed by atoms with E-state index < -0.39 is 17.4 Å². The molecule has 0 saturated carbocycles. The van der Waals surface area contributed by atoms with Crippen LogP contribution in [-0.2, 0) is 15.9 Å². The minimum atomic E-state index is -1.10. The minimum absolute atomic E-state index is 0.0317. The summed E-state index contributed by atoms with van der Waals surface area (Å²) in [5.74, 6) is 1.69. The Morgan fingerprint density at radius 2 is 1.15 bits per heavy atom. The number of hydrogen-bond donors (Lipinski definition) is 2. The Labute approximate surface area is 345 Å². The number of imidazole rings is 1. The molecule has 296 valence electrons. The number of para-hydroxylation sites is 1. The number of nitrogens with zero attached hydrogens (tertiary/aromatic N) is 4. The highest BCUT2D eigenvalue weighted by molar-refractivity contribution is 5.72. The topological polar surface area (TPSA) is 104 Å². The summed E-state index contributed by atoms with van der Waals surface area (Å²) in [5.41, 5.74) is 4.71. The van der Waals surface area contributed by atoms with Crippen molar-refractivity contribution < 1.29 is 19.3 Å². The zero-order valence-corrected chi connectivity index (χ0v) is 33.4. The highest BCUT2D eigenvalue weighted by atomic mass is 16.5. The number of aliphatic hydroxyl groups is 1. The summed E-state index contributed by atoms with van der Waals surface area (Å²) in [6.45, 7) is 1.98. The van der Waals surface area contributed by atoms with Crippen molar-refractivity contribution in [2.45, 2.75) is 30.7 Å². The van der Waals surface area contributed by atoms with Crippen molar-refractivity contribution in [3.8, 4) is 11.5 Å². The molecule has 0 amide bonds. The summed E-state index contributed by atoms with van der Waals surface area (Å²) in [4.78, 5) is 14.9. The van der Waals surface area contributed by atoms with Gasteiger partial charge >= 0.3 is 0 Å². The molecule has 0 radical (unpaired) electrons. The Kier molecular flexibility index (Phi) is 11.5. The Bertz CT molecular complexity index is 2490. The van der Waals surface area contributed by atoms with Gasteiger partial charge in [0.1, 0.15) is 34.4 Å². The lowest BCUT2D eigenvalue weighted by atomic mass is 9.76. The van der Waals surface area contributed by atoms with Gasteiger partial charge in [-0.05, 0) is 58.4 Å². The maximum absolute atomic E-state index is 10.5. The third kappa shape index (κ3) is 7.54. The molecule has 0 spiro atoms. The standard InChI is InChI=1S/C50H47N5O4/c1-36(34-56)32-46(59-50(39-22-12-6-13-23-39,40-24-14-7-15-25-40)41-28-30-42(57-2)31-29-41)55-35-52-44-33-51-48(53-47(44)55)54-49(37-18-8-4-9-19-37,38-20-10-5-11-21-38)43-26-16-17-27-45(43)58-3/h4-31,33,35-36,46,56H,32,34H2,1-3H3,(H,51,53,54). The fourth-order valence-electron chi connectivity index (χ4n) is 8.00. The molecular formula is C50H47N5O4. The predicted molar refractivity (Wildman–Crippen MR) is 231 cm³/mol. The van der Waals surface area contributed by atoms with Gasteiger partial charge in [0.15, 0.2) is 5.65 Å². The molecule has 2 aromatic heterocycles. The van der Waals surface area contributed by atoms with E-state index in [0.29, 0.717) is 29.3 Å². The fraction of sp³-hybridized carbons (Fsp3) is 0.180. The lowest BCUT2D eigenvalue weighted by molar-refractivity contribution is -0.0962. The van der Waals surface area contributed by atoms with Gasteiger partial charge in [0.25, 0.3) is 0 Å². The number of aromatic nitrogens is 4. The van der Waals surface area contributed by atoms with E-state index in [1.54, 1.807) is 26.7 Å². The monoisotopic (exact) mass is 781 g/mol. The van der Waals surface area contributed by atoms with Gasteiger partial charge in [0.05, 0.1) is 26.7 Å². The van der Waals surface area contributed by atoms with Gasteiger partial charge in [-0.1, -0.05) is 159 Å². The molecule has 2 heterocycles. The zero-order chi connectivity index (χ0) is 40.7. The number of methoxy groups -OCH3 is 2. The van der Waals surface area contributed by atoms with Crippen molar-refractivity contribution in [2.75, 3.05) is 26.1 Å². The number of ether oxygens (including phenoxy) is 3. The summed E-state index contributed by atoms with van der Waals surface area (Å²) >= 11 is 0. The normalized spacial score (nSPS) is 12.8. The van der Waals surface area contributed by atoms with Gasteiger partial charge in [0, 0.05) is 12.2 Å². The van der Waals surface area contributed by atoms with Crippen molar-refractivity contribution in [2.24, 2.45) is 5.92 Å². The number of benzene rings is 6. The summed E-state index contributed by atoms with van der Waals surface area (Å²) in [6.07, 6.45) is 3.29.